The number of rotatable bonds is 0. The van der Waals surface area contributed by atoms with E-state index < -0.39 is 0 Å². The van der Waals surface area contributed by atoms with E-state index in [-0.39, 0.29) is 32.3 Å². The molecule has 0 aromatic heterocycles. The zero-order valence-corrected chi connectivity index (χ0v) is 5.67. The predicted molar refractivity (Wildman–Crippen MR) is 19.3 cm³/mol. The summed E-state index contributed by atoms with van der Waals surface area (Å²) in [4.78, 5) is 0. The first kappa shape index (κ1) is 22.0. The van der Waals surface area contributed by atoms with Gasteiger partial charge in [0, 0.05) is 0 Å². The fourth-order valence-electron chi connectivity index (χ4n) is 0. The molecule has 0 radical (unpaired) electrons. The van der Waals surface area contributed by atoms with Crippen molar-refractivity contribution < 1.29 is 22.4 Å². The summed E-state index contributed by atoms with van der Waals surface area (Å²) in [6, 6.07) is 0. The molecule has 28 valence electrons. The van der Waals surface area contributed by atoms with Crippen LogP contribution in [-0.2, 0) is 22.4 Å². The Morgan fingerprint density at radius 1 is 1.25 bits per heavy atom. The third kappa shape index (κ3) is 15.3. The van der Waals surface area contributed by atoms with Crippen LogP contribution in [0.4, 0.5) is 0 Å². The van der Waals surface area contributed by atoms with Gasteiger partial charge in [-0.25, -0.2) is 0 Å². The molecule has 1 unspecified atom stereocenters. The maximum Gasteiger partial charge on any atom is 1.00 e. The van der Waals surface area contributed by atoms with E-state index in [0.717, 1.165) is 0 Å². The second-order valence-corrected chi connectivity index (χ2v) is 0. The summed E-state index contributed by atoms with van der Waals surface area (Å²) in [6.07, 6.45) is 9.00. The van der Waals surface area contributed by atoms with Crippen molar-refractivity contribution in [2.75, 3.05) is 0 Å². The molecule has 0 fully saturated rings. The average Bonchev–Trinajstić information content (AvgIpc) is 1.00. The van der Waals surface area contributed by atoms with Crippen LogP contribution in [0.15, 0.2) is 0 Å². The van der Waals surface area contributed by atoms with E-state index in [2.05, 4.69) is 6.42 Å². The summed E-state index contributed by atoms with van der Waals surface area (Å²) in [5, 5.41) is 0. The van der Waals surface area contributed by atoms with Crippen LogP contribution in [0.25, 0.3) is 0 Å². The summed E-state index contributed by atoms with van der Waals surface area (Å²) < 4.78 is 0. The zero-order chi connectivity index (χ0) is 2.00. The van der Waals surface area contributed by atoms with E-state index in [1.54, 1.807) is 0 Å². The van der Waals surface area contributed by atoms with Gasteiger partial charge < -0.3 is 12.8 Å². The van der Waals surface area contributed by atoms with Crippen molar-refractivity contribution in [2.24, 2.45) is 0 Å². The van der Waals surface area contributed by atoms with Gasteiger partial charge in [-0.2, -0.15) is 9.90 Å². The molecule has 2 heteroatoms. The molecular formula is C2H4AuP. The first-order valence-corrected chi connectivity index (χ1v) is 0.289. The Balaban J connectivity index is -0.00000000500. The van der Waals surface area contributed by atoms with Crippen LogP contribution in [0.1, 0.15) is 0 Å². The Hall–Kier alpha value is 0.730. The van der Waals surface area contributed by atoms with Crippen LogP contribution in [0.5, 0.6) is 0 Å². The summed E-state index contributed by atoms with van der Waals surface area (Å²) >= 11 is 0. The molecule has 0 aliphatic heterocycles. The monoisotopic (exact) mass is 256 g/mol. The van der Waals surface area contributed by atoms with E-state index in [1.165, 1.54) is 0 Å². The number of hydrogen-bond donors (Lipinski definition) is 0. The van der Waals surface area contributed by atoms with Crippen LogP contribution in [0, 0.1) is 12.8 Å². The molecule has 0 bridgehead atoms. The van der Waals surface area contributed by atoms with Gasteiger partial charge >= 0.3 is 22.4 Å². The molecule has 0 spiro atoms. The third-order valence-corrected chi connectivity index (χ3v) is 0. The summed E-state index contributed by atoms with van der Waals surface area (Å²) in [5.74, 6) is 0. The summed E-state index contributed by atoms with van der Waals surface area (Å²) in [5.41, 5.74) is 0. The van der Waals surface area contributed by atoms with Gasteiger partial charge in [-0.15, -0.1) is 0 Å². The van der Waals surface area contributed by atoms with E-state index in [0.29, 0.717) is 0 Å². The molecule has 0 aliphatic rings. The standard InChI is InChI=1S/C2H.Au.H3P/c1-2;;/h1H;;1H3/q-1;+1;. The Morgan fingerprint density at radius 2 is 1.25 bits per heavy atom. The largest absolute Gasteiger partial charge is 1.00 e. The molecule has 0 nitrogen and oxygen atoms in total. The van der Waals surface area contributed by atoms with Crippen LogP contribution in [0.3, 0.4) is 0 Å². The molecule has 0 aliphatic carbocycles. The van der Waals surface area contributed by atoms with Gasteiger partial charge in [-0.1, -0.05) is 0 Å². The molecule has 1 atom stereocenters. The van der Waals surface area contributed by atoms with Crippen LogP contribution in [0.2, 0.25) is 0 Å². The summed E-state index contributed by atoms with van der Waals surface area (Å²) in [6.45, 7) is 0. The normalized spacial score (nSPS) is 0.500. The third-order valence-electron chi connectivity index (χ3n) is 0. The molecular weight excluding hydrogens is 252 g/mol. The van der Waals surface area contributed by atoms with E-state index in [9.17, 15) is 0 Å². The molecule has 0 N–H and O–H groups in total. The Bertz CT molecular complexity index is 10.8. The van der Waals surface area contributed by atoms with E-state index >= 15 is 0 Å². The fraction of sp³-hybridized carbons (Fsp3) is 0. The van der Waals surface area contributed by atoms with Crippen molar-refractivity contribution in [3.05, 3.63) is 6.42 Å². The van der Waals surface area contributed by atoms with Gasteiger partial charge in [0.05, 0.1) is 0 Å². The van der Waals surface area contributed by atoms with Crippen LogP contribution < -0.4 is 0 Å². The van der Waals surface area contributed by atoms with E-state index in [1.807, 2.05) is 0 Å². The molecule has 0 aromatic carbocycles. The molecule has 4 heavy (non-hydrogen) atoms. The van der Waals surface area contributed by atoms with Gasteiger partial charge in [-0.3, -0.25) is 0 Å². The molecule has 0 heterocycles. The fourth-order valence-corrected chi connectivity index (χ4v) is 0. The summed E-state index contributed by atoms with van der Waals surface area (Å²) in [7, 11) is 0. The van der Waals surface area contributed by atoms with Gasteiger partial charge in [-0.05, 0) is 0 Å². The van der Waals surface area contributed by atoms with Crippen LogP contribution >= 0.6 is 9.90 Å². The quantitative estimate of drug-likeness (QED) is 0.252. The minimum absolute atomic E-state index is 0. The van der Waals surface area contributed by atoms with Crippen molar-refractivity contribution in [1.29, 1.82) is 0 Å². The van der Waals surface area contributed by atoms with Gasteiger partial charge in [0.1, 0.15) is 0 Å². The van der Waals surface area contributed by atoms with Crippen molar-refractivity contribution in [1.82, 2.24) is 0 Å². The molecule has 0 aromatic rings. The zero-order valence-electron chi connectivity index (χ0n) is 2.09. The smallest absolute Gasteiger partial charge is 0.697 e. The molecule has 0 rings (SSSR count). The SMILES string of the molecule is P.[Au+].[C-]#C. The first-order chi connectivity index (χ1) is 1.00. The minimum atomic E-state index is 0. The maximum atomic E-state index is 5.25. The molecule has 0 saturated carbocycles. The Kier molecular flexibility index (Phi) is 287. The Labute approximate surface area is 45.5 Å². The average molecular weight is 256 g/mol. The first-order valence-electron chi connectivity index (χ1n) is 0.289. The minimum Gasteiger partial charge on any atom is -0.697 e. The van der Waals surface area contributed by atoms with Crippen molar-refractivity contribution >= 4 is 9.90 Å². The topological polar surface area (TPSA) is 0 Å². The van der Waals surface area contributed by atoms with Crippen molar-refractivity contribution in [2.45, 2.75) is 0 Å². The van der Waals surface area contributed by atoms with Gasteiger partial charge in [0.2, 0.25) is 0 Å². The predicted octanol–water partition coefficient (Wildman–Crippen LogP) is 0.262. The Morgan fingerprint density at radius 3 is 1.25 bits per heavy atom. The maximum absolute atomic E-state index is 5.25. The van der Waals surface area contributed by atoms with E-state index in [4.69, 9.17) is 6.42 Å². The second-order valence-electron chi connectivity index (χ2n) is 0. The van der Waals surface area contributed by atoms with Crippen molar-refractivity contribution in [3.63, 3.8) is 0 Å². The van der Waals surface area contributed by atoms with Crippen molar-refractivity contribution in [3.8, 4) is 6.42 Å². The van der Waals surface area contributed by atoms with Gasteiger partial charge in [0.25, 0.3) is 0 Å². The van der Waals surface area contributed by atoms with Gasteiger partial charge in [0.15, 0.2) is 0 Å². The molecule has 0 amide bonds. The number of terminal acetylenes is 1. The molecule has 0 saturated heterocycles. The number of hydrogen-bond acceptors (Lipinski definition) is 0. The second kappa shape index (κ2) is 52.1. The van der Waals surface area contributed by atoms with Crippen LogP contribution in [-0.4, -0.2) is 0 Å².